The Balaban J connectivity index is 1.41. The highest BCUT2D eigenvalue weighted by atomic mass is 16.5. The monoisotopic (exact) mass is 525 g/mol. The zero-order valence-electron chi connectivity index (χ0n) is 22.5. The molecule has 0 fully saturated rings. The molecule has 1 aliphatic rings. The van der Waals surface area contributed by atoms with E-state index in [1.165, 1.54) is 0 Å². The molecule has 200 valence electrons. The Morgan fingerprint density at radius 1 is 1.13 bits per heavy atom. The van der Waals surface area contributed by atoms with Crippen molar-refractivity contribution in [3.63, 3.8) is 0 Å². The summed E-state index contributed by atoms with van der Waals surface area (Å²) < 4.78 is 16.0. The van der Waals surface area contributed by atoms with Crippen LogP contribution in [-0.2, 0) is 7.05 Å². The van der Waals surface area contributed by atoms with Gasteiger partial charge in [0, 0.05) is 49.4 Å². The Kier molecular flexibility index (Phi) is 6.57. The van der Waals surface area contributed by atoms with Crippen LogP contribution in [0.3, 0.4) is 0 Å². The van der Waals surface area contributed by atoms with Crippen molar-refractivity contribution < 1.29 is 9.47 Å². The highest BCUT2D eigenvalue weighted by molar-refractivity contribution is 5.94. The standard InChI is InChI=1S/C28H31N9O2/c1-18-9-12-39-28-22(17-31-36(28)4)27-29-10-8-24(33-27)32-25-15-23-21(16-30-25)26(34-37(18)23)19-6-5-7-20(14-19)38-13-11-35(2)3/h5-8,10,14-18H,9,11-13H2,1-4H3,(H,29,30,32,33)/t18-/m0/s1. The smallest absolute Gasteiger partial charge is 0.222 e. The van der Waals surface area contributed by atoms with Gasteiger partial charge >= 0.3 is 0 Å². The quantitative estimate of drug-likeness (QED) is 0.359. The molecule has 0 saturated carbocycles. The summed E-state index contributed by atoms with van der Waals surface area (Å²) in [4.78, 5) is 16.0. The molecule has 11 nitrogen and oxygen atoms in total. The molecule has 1 atom stereocenters. The van der Waals surface area contributed by atoms with Crippen LogP contribution in [0.25, 0.3) is 33.5 Å². The molecule has 39 heavy (non-hydrogen) atoms. The fraction of sp³-hybridized carbons (Fsp3) is 0.321. The molecular weight excluding hydrogens is 494 g/mol. The summed E-state index contributed by atoms with van der Waals surface area (Å²) in [6.45, 7) is 4.09. The van der Waals surface area contributed by atoms with E-state index < -0.39 is 0 Å². The summed E-state index contributed by atoms with van der Waals surface area (Å²) >= 11 is 0. The second kappa shape index (κ2) is 10.3. The molecule has 0 aliphatic carbocycles. The van der Waals surface area contributed by atoms with Crippen molar-refractivity contribution in [2.24, 2.45) is 7.05 Å². The van der Waals surface area contributed by atoms with Gasteiger partial charge in [-0.05, 0) is 39.2 Å². The first-order chi connectivity index (χ1) is 19.0. The molecule has 5 aromatic rings. The first-order valence-corrected chi connectivity index (χ1v) is 13.0. The van der Waals surface area contributed by atoms with E-state index in [-0.39, 0.29) is 6.04 Å². The molecule has 0 radical (unpaired) electrons. The average Bonchev–Trinajstić information content (AvgIpc) is 3.49. The third-order valence-corrected chi connectivity index (χ3v) is 6.74. The van der Waals surface area contributed by atoms with E-state index in [4.69, 9.17) is 24.5 Å². The van der Waals surface area contributed by atoms with Crippen LogP contribution in [0.15, 0.2) is 55.0 Å². The van der Waals surface area contributed by atoms with Crippen LogP contribution in [-0.4, -0.2) is 73.3 Å². The molecule has 11 heteroatoms. The zero-order chi connectivity index (χ0) is 26.9. The fourth-order valence-electron chi connectivity index (χ4n) is 4.62. The number of hydrogen-bond acceptors (Lipinski definition) is 9. The van der Waals surface area contributed by atoms with Gasteiger partial charge in [-0.2, -0.15) is 10.2 Å². The molecule has 5 heterocycles. The van der Waals surface area contributed by atoms with Gasteiger partial charge in [-0.15, -0.1) is 0 Å². The molecule has 0 saturated heterocycles. The number of anilines is 2. The van der Waals surface area contributed by atoms with E-state index in [1.807, 2.05) is 57.7 Å². The van der Waals surface area contributed by atoms with Gasteiger partial charge in [-0.25, -0.2) is 19.6 Å². The number of benzene rings is 1. The van der Waals surface area contributed by atoms with Gasteiger partial charge < -0.3 is 19.7 Å². The van der Waals surface area contributed by atoms with E-state index in [0.29, 0.717) is 36.6 Å². The van der Waals surface area contributed by atoms with E-state index in [9.17, 15) is 0 Å². The van der Waals surface area contributed by atoms with Crippen molar-refractivity contribution in [1.29, 1.82) is 0 Å². The third kappa shape index (κ3) is 5.00. The minimum absolute atomic E-state index is 0.0599. The second-order valence-electron chi connectivity index (χ2n) is 9.92. The van der Waals surface area contributed by atoms with Crippen LogP contribution in [0.4, 0.5) is 11.6 Å². The van der Waals surface area contributed by atoms with E-state index in [0.717, 1.165) is 46.4 Å². The van der Waals surface area contributed by atoms with Crippen LogP contribution in [0.2, 0.25) is 0 Å². The van der Waals surface area contributed by atoms with Crippen LogP contribution in [0, 0.1) is 0 Å². The summed E-state index contributed by atoms with van der Waals surface area (Å²) in [5.41, 5.74) is 3.55. The maximum absolute atomic E-state index is 6.21. The summed E-state index contributed by atoms with van der Waals surface area (Å²) in [5, 5.41) is 13.7. The SMILES string of the molecule is C[C@H]1CCOc2c(cnn2C)-c2nccc(n2)Nc2cc3c(cn2)c(-c2cccc(OCCN(C)C)c2)nn31. The summed E-state index contributed by atoms with van der Waals surface area (Å²) in [6, 6.07) is 12.0. The van der Waals surface area contributed by atoms with Gasteiger partial charge in [0.15, 0.2) is 5.82 Å². The predicted molar refractivity (Wildman–Crippen MR) is 149 cm³/mol. The Morgan fingerprint density at radius 2 is 2.03 bits per heavy atom. The molecular formula is C28H31N9O2. The van der Waals surface area contributed by atoms with E-state index in [1.54, 1.807) is 17.1 Å². The molecule has 1 aromatic carbocycles. The van der Waals surface area contributed by atoms with Crippen molar-refractivity contribution in [3.8, 4) is 34.3 Å². The first-order valence-electron chi connectivity index (χ1n) is 13.0. The number of pyridine rings is 1. The van der Waals surface area contributed by atoms with Gasteiger partial charge in [0.2, 0.25) is 5.88 Å². The molecule has 1 aliphatic heterocycles. The van der Waals surface area contributed by atoms with Gasteiger partial charge in [0.1, 0.15) is 35.2 Å². The van der Waals surface area contributed by atoms with Crippen molar-refractivity contribution in [2.75, 3.05) is 39.2 Å². The lowest BCUT2D eigenvalue weighted by atomic mass is 10.1. The molecule has 6 rings (SSSR count). The lowest BCUT2D eigenvalue weighted by molar-refractivity contribution is 0.260. The zero-order valence-corrected chi connectivity index (χ0v) is 22.5. The van der Waals surface area contributed by atoms with Crippen molar-refractivity contribution in [3.05, 3.63) is 55.0 Å². The number of aryl methyl sites for hydroxylation is 1. The number of likely N-dealkylation sites (N-methyl/N-ethyl adjacent to an activating group) is 1. The van der Waals surface area contributed by atoms with E-state index in [2.05, 4.69) is 38.0 Å². The average molecular weight is 526 g/mol. The fourth-order valence-corrected chi connectivity index (χ4v) is 4.62. The number of ether oxygens (including phenoxy) is 2. The lowest BCUT2D eigenvalue weighted by Crippen LogP contribution is -2.19. The number of nitrogens with zero attached hydrogens (tertiary/aromatic N) is 8. The number of hydrogen-bond donors (Lipinski definition) is 1. The Hall–Kier alpha value is -4.51. The van der Waals surface area contributed by atoms with Crippen molar-refractivity contribution >= 4 is 22.5 Å². The summed E-state index contributed by atoms with van der Waals surface area (Å²) in [5.74, 6) is 3.28. The summed E-state index contributed by atoms with van der Waals surface area (Å²) in [6.07, 6.45) is 6.04. The van der Waals surface area contributed by atoms with Gasteiger partial charge in [0.05, 0.1) is 24.4 Å². The topological polar surface area (TPSA) is 108 Å². The minimum atomic E-state index is 0.0599. The highest BCUT2D eigenvalue weighted by Gasteiger charge is 2.21. The van der Waals surface area contributed by atoms with Gasteiger partial charge in [0.25, 0.3) is 0 Å². The first kappa shape index (κ1) is 24.8. The molecule has 0 spiro atoms. The second-order valence-corrected chi connectivity index (χ2v) is 9.92. The molecule has 1 N–H and O–H groups in total. The number of rotatable bonds is 5. The maximum atomic E-state index is 6.21. The molecule has 4 bridgehead atoms. The Labute approximate surface area is 226 Å². The number of nitrogens with one attached hydrogen (secondary N) is 1. The van der Waals surface area contributed by atoms with Gasteiger partial charge in [-0.1, -0.05) is 12.1 Å². The maximum Gasteiger partial charge on any atom is 0.222 e. The van der Waals surface area contributed by atoms with Crippen LogP contribution in [0.5, 0.6) is 11.6 Å². The molecule has 4 aromatic heterocycles. The minimum Gasteiger partial charge on any atom is -0.492 e. The lowest BCUT2D eigenvalue weighted by Gasteiger charge is -2.16. The van der Waals surface area contributed by atoms with Crippen LogP contribution < -0.4 is 14.8 Å². The molecule has 0 amide bonds. The highest BCUT2D eigenvalue weighted by Crippen LogP contribution is 2.34. The van der Waals surface area contributed by atoms with Crippen LogP contribution >= 0.6 is 0 Å². The number of aromatic nitrogens is 7. The van der Waals surface area contributed by atoms with Crippen molar-refractivity contribution in [1.82, 2.24) is 39.4 Å². The van der Waals surface area contributed by atoms with Crippen LogP contribution in [0.1, 0.15) is 19.4 Å². The predicted octanol–water partition coefficient (Wildman–Crippen LogP) is 4.32. The molecule has 0 unspecified atom stereocenters. The summed E-state index contributed by atoms with van der Waals surface area (Å²) in [7, 11) is 5.92. The van der Waals surface area contributed by atoms with Crippen molar-refractivity contribution in [2.45, 2.75) is 19.4 Å². The largest absolute Gasteiger partial charge is 0.492 e. The Bertz CT molecular complexity index is 1620. The number of fused-ring (bicyclic) bond motifs is 5. The van der Waals surface area contributed by atoms with Gasteiger partial charge in [-0.3, -0.25) is 4.68 Å². The van der Waals surface area contributed by atoms with E-state index >= 15 is 0 Å². The third-order valence-electron chi connectivity index (χ3n) is 6.74. The Morgan fingerprint density at radius 3 is 2.90 bits per heavy atom. The normalized spacial score (nSPS) is 15.1.